The van der Waals surface area contributed by atoms with Crippen molar-refractivity contribution in [3.63, 3.8) is 0 Å². The van der Waals surface area contributed by atoms with E-state index < -0.39 is 11.8 Å². The number of aryl methyl sites for hydroxylation is 1. The molecule has 0 spiro atoms. The zero-order valence-electron chi connectivity index (χ0n) is 10.8. The number of aromatic nitrogens is 2. The van der Waals surface area contributed by atoms with Gasteiger partial charge in [-0.05, 0) is 6.92 Å². The van der Waals surface area contributed by atoms with Gasteiger partial charge < -0.3 is 16.4 Å². The molecule has 0 radical (unpaired) electrons. The van der Waals surface area contributed by atoms with Crippen molar-refractivity contribution in [1.29, 1.82) is 0 Å². The summed E-state index contributed by atoms with van der Waals surface area (Å²) in [6, 6.07) is 0. The third-order valence-corrected chi connectivity index (χ3v) is 2.78. The molecule has 0 saturated heterocycles. The molecule has 0 aliphatic rings. The summed E-state index contributed by atoms with van der Waals surface area (Å²) >= 11 is 6.00. The van der Waals surface area contributed by atoms with E-state index in [9.17, 15) is 9.59 Å². The van der Waals surface area contributed by atoms with Gasteiger partial charge in [-0.1, -0.05) is 18.5 Å². The van der Waals surface area contributed by atoms with Crippen molar-refractivity contribution in [1.82, 2.24) is 9.97 Å². The predicted octanol–water partition coefficient (Wildman–Crippen LogP) is -0.222. The summed E-state index contributed by atoms with van der Waals surface area (Å²) in [5, 5.41) is 0.279. The average Bonchev–Trinajstić information content (AvgIpc) is 2.30. The quantitative estimate of drug-likeness (QED) is 0.701. The highest BCUT2D eigenvalue weighted by atomic mass is 35.5. The Kier molecular flexibility index (Phi) is 5.05. The lowest BCUT2D eigenvalue weighted by atomic mass is 10.3. The fourth-order valence-corrected chi connectivity index (χ4v) is 1.75. The maximum Gasteiger partial charge on any atom is 0.237 e. The van der Waals surface area contributed by atoms with E-state index in [-0.39, 0.29) is 18.2 Å². The summed E-state index contributed by atoms with van der Waals surface area (Å²) < 4.78 is 0. The van der Waals surface area contributed by atoms with Gasteiger partial charge in [0.05, 0.1) is 13.1 Å². The second-order valence-corrected chi connectivity index (χ2v) is 4.38. The molecule has 1 aromatic rings. The van der Waals surface area contributed by atoms with E-state index in [1.54, 1.807) is 6.92 Å². The van der Waals surface area contributed by atoms with Crippen LogP contribution in [0.5, 0.6) is 0 Å². The van der Waals surface area contributed by atoms with Gasteiger partial charge in [0.1, 0.15) is 16.8 Å². The molecular weight excluding hydrogens is 270 g/mol. The number of carbonyl (C=O) groups is 2. The number of carbonyl (C=O) groups excluding carboxylic acids is 2. The third-order valence-electron chi connectivity index (χ3n) is 2.42. The zero-order chi connectivity index (χ0) is 14.6. The van der Waals surface area contributed by atoms with Gasteiger partial charge >= 0.3 is 0 Å². The maximum atomic E-state index is 11.1. The van der Waals surface area contributed by atoms with Gasteiger partial charge in [-0.15, -0.1) is 0 Å². The average molecular weight is 286 g/mol. The first-order chi connectivity index (χ1) is 8.85. The van der Waals surface area contributed by atoms with Gasteiger partial charge in [-0.2, -0.15) is 0 Å². The number of nitrogens with zero attached hydrogens (tertiary/aromatic N) is 3. The molecule has 8 heteroatoms. The number of halogens is 1. The molecule has 2 amide bonds. The fraction of sp³-hybridized carbons (Fsp3) is 0.455. The molecule has 7 nitrogen and oxygen atoms in total. The van der Waals surface area contributed by atoms with Crippen LogP contribution in [-0.2, 0) is 16.0 Å². The van der Waals surface area contributed by atoms with Gasteiger partial charge in [0.2, 0.25) is 11.8 Å². The van der Waals surface area contributed by atoms with Crippen molar-refractivity contribution in [2.75, 3.05) is 18.0 Å². The van der Waals surface area contributed by atoms with Crippen LogP contribution >= 0.6 is 11.6 Å². The number of nitrogens with two attached hydrogens (primary N) is 2. The van der Waals surface area contributed by atoms with E-state index in [0.29, 0.717) is 23.6 Å². The molecule has 0 aromatic carbocycles. The van der Waals surface area contributed by atoms with Gasteiger partial charge in [0.15, 0.2) is 0 Å². The Labute approximate surface area is 115 Å². The molecule has 4 N–H and O–H groups in total. The Balaban J connectivity index is 3.23. The van der Waals surface area contributed by atoms with E-state index in [1.165, 1.54) is 4.90 Å². The standard InChI is InChI=1S/C11H16ClN5O2/c1-3-9-15-10(12)6(2)11(16-9)17(4-7(13)18)5-8(14)19/h3-5H2,1-2H3,(H2,13,18)(H2,14,19). The van der Waals surface area contributed by atoms with Crippen molar-refractivity contribution in [3.05, 3.63) is 16.5 Å². The van der Waals surface area contributed by atoms with Crippen molar-refractivity contribution in [3.8, 4) is 0 Å². The Morgan fingerprint density at radius 2 is 1.74 bits per heavy atom. The lowest BCUT2D eigenvalue weighted by Gasteiger charge is -2.23. The Morgan fingerprint density at radius 3 is 2.16 bits per heavy atom. The minimum atomic E-state index is -0.589. The van der Waals surface area contributed by atoms with Crippen LogP contribution in [0.4, 0.5) is 5.82 Å². The van der Waals surface area contributed by atoms with Crippen LogP contribution in [0.1, 0.15) is 18.3 Å². The van der Waals surface area contributed by atoms with Crippen LogP contribution in [0.15, 0.2) is 0 Å². The van der Waals surface area contributed by atoms with E-state index in [2.05, 4.69) is 9.97 Å². The summed E-state index contributed by atoms with van der Waals surface area (Å²) in [4.78, 5) is 31.9. The monoisotopic (exact) mass is 285 g/mol. The highest BCUT2D eigenvalue weighted by Crippen LogP contribution is 2.23. The molecule has 104 valence electrons. The van der Waals surface area contributed by atoms with E-state index in [1.807, 2.05) is 6.92 Å². The Morgan fingerprint density at radius 1 is 1.21 bits per heavy atom. The Hall–Kier alpha value is -1.89. The summed E-state index contributed by atoms with van der Waals surface area (Å²) in [5.41, 5.74) is 10.9. The highest BCUT2D eigenvalue weighted by Gasteiger charge is 2.18. The highest BCUT2D eigenvalue weighted by molar-refractivity contribution is 6.30. The number of primary amides is 2. The normalized spacial score (nSPS) is 10.3. The summed E-state index contributed by atoms with van der Waals surface area (Å²) in [6.45, 7) is 3.24. The summed E-state index contributed by atoms with van der Waals surface area (Å²) in [7, 11) is 0. The molecule has 1 heterocycles. The van der Waals surface area contributed by atoms with Crippen LogP contribution < -0.4 is 16.4 Å². The molecule has 0 aliphatic heterocycles. The molecule has 0 aliphatic carbocycles. The second kappa shape index (κ2) is 6.33. The number of anilines is 1. The van der Waals surface area contributed by atoms with E-state index in [0.717, 1.165) is 0 Å². The molecule has 1 rings (SSSR count). The first kappa shape index (κ1) is 15.2. The van der Waals surface area contributed by atoms with Crippen molar-refractivity contribution >= 4 is 29.2 Å². The van der Waals surface area contributed by atoms with Crippen LogP contribution in [0.3, 0.4) is 0 Å². The number of amides is 2. The molecule has 0 bridgehead atoms. The van der Waals surface area contributed by atoms with Crippen LogP contribution in [-0.4, -0.2) is 34.9 Å². The predicted molar refractivity (Wildman–Crippen MR) is 71.8 cm³/mol. The molecule has 0 saturated carbocycles. The lowest BCUT2D eigenvalue weighted by molar-refractivity contribution is -0.117. The minimum Gasteiger partial charge on any atom is -0.368 e. The van der Waals surface area contributed by atoms with Crippen LogP contribution in [0.25, 0.3) is 0 Å². The van der Waals surface area contributed by atoms with Crippen molar-refractivity contribution in [2.24, 2.45) is 11.5 Å². The van der Waals surface area contributed by atoms with Crippen molar-refractivity contribution < 1.29 is 9.59 Å². The minimum absolute atomic E-state index is 0.166. The lowest BCUT2D eigenvalue weighted by Crippen LogP contribution is -2.40. The van der Waals surface area contributed by atoms with Gasteiger partial charge in [-0.25, -0.2) is 9.97 Å². The first-order valence-electron chi connectivity index (χ1n) is 5.69. The molecular formula is C11H16ClN5O2. The fourth-order valence-electron chi connectivity index (χ4n) is 1.57. The summed E-state index contributed by atoms with van der Waals surface area (Å²) in [5.74, 6) is -0.263. The van der Waals surface area contributed by atoms with Gasteiger partial charge in [-0.3, -0.25) is 9.59 Å². The van der Waals surface area contributed by atoms with Crippen LogP contribution in [0.2, 0.25) is 5.15 Å². The molecule has 0 fully saturated rings. The van der Waals surface area contributed by atoms with Crippen molar-refractivity contribution in [2.45, 2.75) is 20.3 Å². The zero-order valence-corrected chi connectivity index (χ0v) is 11.6. The summed E-state index contributed by atoms with van der Waals surface area (Å²) in [6.07, 6.45) is 0.577. The topological polar surface area (TPSA) is 115 Å². The van der Waals surface area contributed by atoms with E-state index >= 15 is 0 Å². The van der Waals surface area contributed by atoms with Gasteiger partial charge in [0.25, 0.3) is 0 Å². The molecule has 0 atom stereocenters. The molecule has 0 unspecified atom stereocenters. The van der Waals surface area contributed by atoms with Crippen LogP contribution in [0, 0.1) is 6.92 Å². The maximum absolute atomic E-state index is 11.1. The largest absolute Gasteiger partial charge is 0.368 e. The van der Waals surface area contributed by atoms with E-state index in [4.69, 9.17) is 23.1 Å². The third kappa shape index (κ3) is 4.06. The van der Waals surface area contributed by atoms with Gasteiger partial charge in [0, 0.05) is 12.0 Å². The second-order valence-electron chi connectivity index (χ2n) is 4.02. The number of hydrogen-bond donors (Lipinski definition) is 2. The smallest absolute Gasteiger partial charge is 0.237 e. The SMILES string of the molecule is CCc1nc(Cl)c(C)c(N(CC(N)=O)CC(N)=O)n1. The Bertz CT molecular complexity index is 490. The molecule has 19 heavy (non-hydrogen) atoms. The first-order valence-corrected chi connectivity index (χ1v) is 6.07. The number of rotatable bonds is 6. The molecule has 1 aromatic heterocycles. The number of hydrogen-bond acceptors (Lipinski definition) is 5.